The van der Waals surface area contributed by atoms with Crippen molar-refractivity contribution in [2.24, 2.45) is 0 Å². The molecule has 0 aromatic heterocycles. The predicted octanol–water partition coefficient (Wildman–Crippen LogP) is 9.09. The van der Waals surface area contributed by atoms with Crippen LogP contribution >= 0.6 is 0 Å². The Kier molecular flexibility index (Phi) is 8.02. The molecule has 1 N–H and O–H groups in total. The molecule has 2 rings (SSSR count). The highest BCUT2D eigenvalue weighted by Crippen LogP contribution is 2.46. The minimum Gasteiger partial charge on any atom is -0.518 e. The zero-order valence-electron chi connectivity index (χ0n) is 24.8. The summed E-state index contributed by atoms with van der Waals surface area (Å²) < 4.78 is 0. The first kappa shape index (κ1) is 29.1. The van der Waals surface area contributed by atoms with E-state index >= 15 is 0 Å². The topological polar surface area (TPSA) is 20.2 Å². The Morgan fingerprint density at radius 1 is 0.500 bits per heavy atom. The number of aliphatic hydroxyl groups excluding tert-OH is 1. The van der Waals surface area contributed by atoms with E-state index in [0.717, 1.165) is 5.38 Å². The molecule has 0 unspecified atom stereocenters. The smallest absolute Gasteiger partial charge is 0.111 e. The van der Waals surface area contributed by atoms with Crippen molar-refractivity contribution in [1.82, 2.24) is 0 Å². The van der Waals surface area contributed by atoms with E-state index < -0.39 is 29.4 Å². The molecule has 2 aromatic carbocycles. The average Bonchev–Trinajstić information content (AvgIpc) is 2.54. The third-order valence-electron chi connectivity index (χ3n) is 7.82. The van der Waals surface area contributed by atoms with Crippen molar-refractivity contribution in [3.05, 3.63) is 74.2 Å². The van der Waals surface area contributed by atoms with Gasteiger partial charge < -0.3 is 5.11 Å². The molecule has 0 aliphatic rings. The van der Waals surface area contributed by atoms with Crippen molar-refractivity contribution < 1.29 is 5.11 Å². The quantitative estimate of drug-likeness (QED) is 0.294. The van der Waals surface area contributed by atoms with Gasteiger partial charge in [0.05, 0.1) is 5.38 Å². The highest BCUT2D eigenvalue weighted by Gasteiger charge is 2.65. The average molecular weight is 527 g/mol. The van der Waals surface area contributed by atoms with Crippen molar-refractivity contribution in [2.45, 2.75) is 100 Å². The molecule has 0 atom stereocenters. The van der Waals surface area contributed by atoms with E-state index in [0.29, 0.717) is 0 Å². The summed E-state index contributed by atoms with van der Waals surface area (Å²) in [6.45, 7) is 34.2. The maximum Gasteiger partial charge on any atom is 0.111 e. The van der Waals surface area contributed by atoms with Gasteiger partial charge in [-0.3, -0.25) is 0 Å². The van der Waals surface area contributed by atoms with Gasteiger partial charge in [-0.2, -0.15) is 0 Å². The molecule has 0 aliphatic carbocycles. The highest BCUT2D eigenvalue weighted by molar-refractivity contribution is 7.91. The van der Waals surface area contributed by atoms with Crippen LogP contribution in [0.4, 0.5) is 0 Å². The lowest BCUT2D eigenvalue weighted by atomic mass is 9.86. The molecule has 0 aliphatic heterocycles. The summed E-state index contributed by atoms with van der Waals surface area (Å²) in [6.07, 6.45) is 0. The highest BCUT2D eigenvalue weighted by atomic mass is 29.9. The normalized spacial score (nSPS) is 13.3. The number of benzene rings is 2. The summed E-state index contributed by atoms with van der Waals surface area (Å²) in [5.41, 5.74) is 11.4. The molecule has 2 aromatic rings. The Labute approximate surface area is 214 Å². The van der Waals surface area contributed by atoms with Crippen LogP contribution in [0.1, 0.15) is 44.5 Å². The van der Waals surface area contributed by atoms with Crippen LogP contribution in [0.25, 0.3) is 5.57 Å². The van der Waals surface area contributed by atoms with Gasteiger partial charge >= 0.3 is 0 Å². The van der Waals surface area contributed by atoms with Gasteiger partial charge in [-0.15, -0.1) is 0 Å². The van der Waals surface area contributed by atoms with Crippen molar-refractivity contribution in [1.29, 1.82) is 0 Å². The van der Waals surface area contributed by atoms with E-state index in [1.807, 2.05) is 0 Å². The lowest BCUT2D eigenvalue weighted by molar-refractivity contribution is 0.451. The van der Waals surface area contributed by atoms with E-state index in [2.05, 4.69) is 125 Å². The second kappa shape index (κ2) is 9.38. The van der Waals surface area contributed by atoms with Crippen LogP contribution in [0.3, 0.4) is 0 Å². The van der Waals surface area contributed by atoms with Crippen LogP contribution in [0.5, 0.6) is 0 Å². The van der Waals surface area contributed by atoms with Crippen LogP contribution in [0.2, 0.25) is 58.9 Å². The monoisotopic (exact) mass is 526 g/mol. The first-order valence-electron chi connectivity index (χ1n) is 12.8. The summed E-state index contributed by atoms with van der Waals surface area (Å²) in [4.78, 5) is 0. The Hall–Kier alpha value is -1.15. The molecule has 0 spiro atoms. The molecular weight excluding hydrogens is 477 g/mol. The Morgan fingerprint density at radius 2 is 0.735 bits per heavy atom. The molecule has 0 fully saturated rings. The number of hydrogen-bond acceptors (Lipinski definition) is 1. The third-order valence-corrected chi connectivity index (χ3v) is 78.4. The predicted molar refractivity (Wildman–Crippen MR) is 166 cm³/mol. The number of aliphatic hydroxyl groups is 1. The molecule has 0 radical (unpaired) electrons. The van der Waals surface area contributed by atoms with Gasteiger partial charge in [0.15, 0.2) is 0 Å². The molecular formula is C29H50OSi4. The number of hydrogen-bond donors (Lipinski definition) is 1. The standard InChI is InChI=1S/C29H50OSi4/c1-20-16-22(3)26(23(4)17-20)28(27-24(5)18-21(2)19-25(27)6)29(30)34(31(7,8)9,32(10,11)12)33(13,14)15/h16-19,30H,1-15H3. The van der Waals surface area contributed by atoms with Gasteiger partial charge in [-0.25, -0.2) is 0 Å². The van der Waals surface area contributed by atoms with Crippen molar-refractivity contribution >= 4 is 35.0 Å². The molecule has 0 saturated heterocycles. The van der Waals surface area contributed by atoms with Crippen LogP contribution in [-0.2, 0) is 0 Å². The fraction of sp³-hybridized carbons (Fsp3) is 0.517. The summed E-state index contributed by atoms with van der Waals surface area (Å²) in [7, 11) is -5.21. The second-order valence-electron chi connectivity index (χ2n) is 13.8. The maximum absolute atomic E-state index is 13.0. The summed E-state index contributed by atoms with van der Waals surface area (Å²) in [5, 5.41) is 13.9. The van der Waals surface area contributed by atoms with Gasteiger partial charge in [0, 0.05) is 28.3 Å². The maximum atomic E-state index is 13.0. The van der Waals surface area contributed by atoms with Crippen molar-refractivity contribution in [3.63, 3.8) is 0 Å². The molecule has 188 valence electrons. The van der Waals surface area contributed by atoms with Crippen molar-refractivity contribution in [3.8, 4) is 0 Å². The molecule has 34 heavy (non-hydrogen) atoms. The molecule has 0 amide bonds. The minimum absolute atomic E-state index is 0.843. The zero-order valence-corrected chi connectivity index (χ0v) is 28.8. The van der Waals surface area contributed by atoms with Crippen LogP contribution in [0, 0.1) is 41.5 Å². The minimum atomic E-state index is -2.20. The van der Waals surface area contributed by atoms with E-state index in [4.69, 9.17) is 0 Å². The SMILES string of the molecule is Cc1cc(C)c(C(=C(O)[Si]([Si](C)(C)C)([Si](C)(C)C)[Si](C)(C)C)c2c(C)cc(C)cc2C)c(C)c1. The Balaban J connectivity index is 3.35. The van der Waals surface area contributed by atoms with Gasteiger partial charge in [0.25, 0.3) is 0 Å². The van der Waals surface area contributed by atoms with Crippen molar-refractivity contribution in [2.75, 3.05) is 0 Å². The van der Waals surface area contributed by atoms with E-state index in [1.54, 1.807) is 0 Å². The summed E-state index contributed by atoms with van der Waals surface area (Å²) in [6, 6.07) is 9.20. The first-order chi connectivity index (χ1) is 15.2. The van der Waals surface area contributed by atoms with E-state index in [1.165, 1.54) is 50.1 Å². The summed E-state index contributed by atoms with van der Waals surface area (Å²) in [5.74, 6) is 0. The van der Waals surface area contributed by atoms with Gasteiger partial charge in [0.2, 0.25) is 0 Å². The fourth-order valence-corrected chi connectivity index (χ4v) is 106. The third kappa shape index (κ3) is 4.78. The Bertz CT molecular complexity index is 981. The van der Waals surface area contributed by atoms with Gasteiger partial charge in [-0.05, 0) is 74.9 Å². The summed E-state index contributed by atoms with van der Waals surface area (Å²) >= 11 is 0. The van der Waals surface area contributed by atoms with Crippen LogP contribution in [-0.4, -0.2) is 34.5 Å². The van der Waals surface area contributed by atoms with Gasteiger partial charge in [-0.1, -0.05) is 94.3 Å². The molecule has 0 heterocycles. The lowest BCUT2D eigenvalue weighted by Crippen LogP contribution is -2.84. The number of aryl methyl sites for hydroxylation is 6. The largest absolute Gasteiger partial charge is 0.518 e. The van der Waals surface area contributed by atoms with E-state index in [-0.39, 0.29) is 0 Å². The van der Waals surface area contributed by atoms with Crippen LogP contribution < -0.4 is 0 Å². The second-order valence-corrected chi connectivity index (χ2v) is 54.0. The Morgan fingerprint density at radius 3 is 0.941 bits per heavy atom. The molecule has 0 saturated carbocycles. The fourth-order valence-electron chi connectivity index (χ4n) is 8.14. The number of rotatable bonds is 6. The molecule has 0 bridgehead atoms. The van der Waals surface area contributed by atoms with E-state index in [9.17, 15) is 5.11 Å². The lowest BCUT2D eigenvalue weighted by Gasteiger charge is -2.57. The van der Waals surface area contributed by atoms with Crippen LogP contribution in [0.15, 0.2) is 29.6 Å². The van der Waals surface area contributed by atoms with Gasteiger partial charge in [0.1, 0.15) is 6.63 Å². The molecule has 1 nitrogen and oxygen atoms in total. The first-order valence-corrected chi connectivity index (χ1v) is 28.3. The molecule has 5 heteroatoms. The zero-order chi connectivity index (χ0) is 26.6.